The van der Waals surface area contributed by atoms with Crippen molar-refractivity contribution in [2.24, 2.45) is 0 Å². The van der Waals surface area contributed by atoms with Crippen LogP contribution in [0.1, 0.15) is 40.5 Å². The smallest absolute Gasteiger partial charge is 0.338 e. The second-order valence-electron chi connectivity index (χ2n) is 6.55. The summed E-state index contributed by atoms with van der Waals surface area (Å²) < 4.78 is 44.5. The van der Waals surface area contributed by atoms with Crippen molar-refractivity contribution in [1.82, 2.24) is 4.31 Å². The lowest BCUT2D eigenvalue weighted by Crippen LogP contribution is -2.28. The fourth-order valence-electron chi connectivity index (χ4n) is 2.97. The first-order valence-electron chi connectivity index (χ1n) is 8.90. The van der Waals surface area contributed by atoms with Crippen LogP contribution < -0.4 is 0 Å². The zero-order valence-electron chi connectivity index (χ0n) is 15.3. The Morgan fingerprint density at radius 1 is 0.964 bits per heavy atom. The van der Waals surface area contributed by atoms with Crippen LogP contribution in [0.4, 0.5) is 4.39 Å². The molecule has 0 amide bonds. The summed E-state index contributed by atoms with van der Waals surface area (Å²) in [5, 5.41) is 0. The van der Waals surface area contributed by atoms with Crippen LogP contribution >= 0.6 is 0 Å². The Balaban J connectivity index is 1.67. The average Bonchev–Trinajstić information content (AvgIpc) is 3.24. The van der Waals surface area contributed by atoms with E-state index in [1.807, 2.05) is 0 Å². The van der Waals surface area contributed by atoms with E-state index in [0.717, 1.165) is 25.0 Å². The minimum atomic E-state index is -3.56. The van der Waals surface area contributed by atoms with Gasteiger partial charge in [-0.25, -0.2) is 17.6 Å². The maximum Gasteiger partial charge on any atom is 0.338 e. The summed E-state index contributed by atoms with van der Waals surface area (Å²) in [6.45, 7) is 2.42. The van der Waals surface area contributed by atoms with E-state index < -0.39 is 33.7 Å². The molecular formula is C20H20FNO5S. The van der Waals surface area contributed by atoms with Crippen LogP contribution in [-0.4, -0.2) is 43.7 Å². The van der Waals surface area contributed by atoms with Gasteiger partial charge < -0.3 is 4.74 Å². The highest BCUT2D eigenvalue weighted by Crippen LogP contribution is 2.21. The fraction of sp³-hybridized carbons (Fsp3) is 0.300. The fourth-order valence-corrected chi connectivity index (χ4v) is 4.49. The molecule has 0 aromatic heterocycles. The number of Topliss-reactive ketones (excluding diaryl/α,β-unsaturated/α-hetero) is 1. The molecule has 6 nitrogen and oxygen atoms in total. The number of carbonyl (C=O) groups excluding carboxylic acids is 2. The lowest BCUT2D eigenvalue weighted by atomic mass is 10.1. The van der Waals surface area contributed by atoms with Crippen molar-refractivity contribution in [3.05, 3.63) is 65.5 Å². The topological polar surface area (TPSA) is 80.8 Å². The summed E-state index contributed by atoms with van der Waals surface area (Å²) in [7, 11) is -3.56. The molecule has 1 heterocycles. The molecule has 8 heteroatoms. The molecule has 2 aromatic carbocycles. The molecule has 28 heavy (non-hydrogen) atoms. The monoisotopic (exact) mass is 405 g/mol. The molecule has 0 radical (unpaired) electrons. The van der Waals surface area contributed by atoms with E-state index in [1.54, 1.807) is 0 Å². The van der Waals surface area contributed by atoms with E-state index in [9.17, 15) is 22.4 Å². The molecule has 2 aromatic rings. The maximum absolute atomic E-state index is 13.0. The first kappa shape index (κ1) is 20.2. The SMILES string of the molecule is C[C@H](OC(=O)c1ccc(S(=O)(=O)N2CCCC2)cc1)C(=O)c1ccc(F)cc1. The van der Waals surface area contributed by atoms with Crippen LogP contribution in [-0.2, 0) is 14.8 Å². The van der Waals surface area contributed by atoms with Crippen LogP contribution in [0, 0.1) is 5.82 Å². The van der Waals surface area contributed by atoms with Gasteiger partial charge in [-0.15, -0.1) is 0 Å². The van der Waals surface area contributed by atoms with Crippen LogP contribution in [0.5, 0.6) is 0 Å². The summed E-state index contributed by atoms with van der Waals surface area (Å²) in [4.78, 5) is 24.7. The van der Waals surface area contributed by atoms with E-state index in [2.05, 4.69) is 0 Å². The Kier molecular flexibility index (Phi) is 5.90. The van der Waals surface area contributed by atoms with E-state index in [-0.39, 0.29) is 16.0 Å². The summed E-state index contributed by atoms with van der Waals surface area (Å²) in [5.41, 5.74) is 0.368. The van der Waals surface area contributed by atoms with Gasteiger partial charge in [0.2, 0.25) is 15.8 Å². The highest BCUT2D eigenvalue weighted by Gasteiger charge is 2.27. The largest absolute Gasteiger partial charge is 0.451 e. The third kappa shape index (κ3) is 4.28. The number of ketones is 1. The van der Waals surface area contributed by atoms with Gasteiger partial charge in [-0.2, -0.15) is 4.31 Å². The van der Waals surface area contributed by atoms with Crippen molar-refractivity contribution in [1.29, 1.82) is 0 Å². The number of nitrogens with zero attached hydrogens (tertiary/aromatic N) is 1. The number of esters is 1. The predicted octanol–water partition coefficient (Wildman–Crippen LogP) is 3.04. The van der Waals surface area contributed by atoms with Crippen LogP contribution in [0.25, 0.3) is 0 Å². The lowest BCUT2D eigenvalue weighted by molar-refractivity contribution is 0.0318. The number of halogens is 1. The quantitative estimate of drug-likeness (QED) is 0.545. The van der Waals surface area contributed by atoms with Gasteiger partial charge >= 0.3 is 5.97 Å². The van der Waals surface area contributed by atoms with Crippen molar-refractivity contribution < 1.29 is 27.1 Å². The van der Waals surface area contributed by atoms with Gasteiger partial charge in [0.1, 0.15) is 5.82 Å². The number of hydrogen-bond donors (Lipinski definition) is 0. The van der Waals surface area contributed by atoms with E-state index in [0.29, 0.717) is 13.1 Å². The molecule has 0 bridgehead atoms. The third-order valence-electron chi connectivity index (χ3n) is 4.57. The van der Waals surface area contributed by atoms with Gasteiger partial charge in [0.25, 0.3) is 0 Å². The van der Waals surface area contributed by atoms with Crippen molar-refractivity contribution >= 4 is 21.8 Å². The molecule has 0 saturated carbocycles. The molecule has 0 aliphatic carbocycles. The first-order chi connectivity index (χ1) is 13.3. The number of ether oxygens (including phenoxy) is 1. The summed E-state index contributed by atoms with van der Waals surface area (Å²) in [5.74, 6) is -1.67. The Morgan fingerprint density at radius 2 is 1.50 bits per heavy atom. The third-order valence-corrected chi connectivity index (χ3v) is 6.49. The number of hydrogen-bond acceptors (Lipinski definition) is 5. The Labute approximate surface area is 163 Å². The van der Waals surface area contributed by atoms with Crippen molar-refractivity contribution in [3.8, 4) is 0 Å². The van der Waals surface area contributed by atoms with Crippen molar-refractivity contribution in [3.63, 3.8) is 0 Å². The van der Waals surface area contributed by atoms with E-state index >= 15 is 0 Å². The molecule has 1 saturated heterocycles. The van der Waals surface area contributed by atoms with Gasteiger partial charge in [-0.05, 0) is 68.3 Å². The van der Waals surface area contributed by atoms with Gasteiger partial charge in [0, 0.05) is 18.7 Å². The van der Waals surface area contributed by atoms with E-state index in [1.165, 1.54) is 47.6 Å². The molecule has 148 valence electrons. The molecule has 1 aliphatic rings. The standard InChI is InChI=1S/C20H20FNO5S/c1-14(19(23)15-4-8-17(21)9-5-15)27-20(24)16-6-10-18(11-7-16)28(25,26)22-12-2-3-13-22/h4-11,14H,2-3,12-13H2,1H3/t14-/m0/s1. The lowest BCUT2D eigenvalue weighted by Gasteiger charge is -2.16. The Bertz CT molecular complexity index is 965. The van der Waals surface area contributed by atoms with Crippen molar-refractivity contribution in [2.45, 2.75) is 30.8 Å². The van der Waals surface area contributed by atoms with Crippen LogP contribution in [0.15, 0.2) is 53.4 Å². The zero-order valence-corrected chi connectivity index (χ0v) is 16.1. The number of sulfonamides is 1. The Hall–Kier alpha value is -2.58. The molecule has 0 N–H and O–H groups in total. The van der Waals surface area contributed by atoms with Gasteiger partial charge in [0.05, 0.1) is 10.5 Å². The highest BCUT2D eigenvalue weighted by atomic mass is 32.2. The minimum Gasteiger partial charge on any atom is -0.451 e. The van der Waals surface area contributed by atoms with Gasteiger partial charge in [-0.1, -0.05) is 0 Å². The second kappa shape index (κ2) is 8.20. The average molecular weight is 405 g/mol. The molecule has 1 fully saturated rings. The van der Waals surface area contributed by atoms with Gasteiger partial charge in [-0.3, -0.25) is 4.79 Å². The maximum atomic E-state index is 13.0. The first-order valence-corrected chi connectivity index (χ1v) is 10.3. The number of rotatable bonds is 6. The molecule has 1 aliphatic heterocycles. The zero-order chi connectivity index (χ0) is 20.3. The van der Waals surface area contributed by atoms with E-state index in [4.69, 9.17) is 4.74 Å². The number of carbonyl (C=O) groups is 2. The normalized spacial score (nSPS) is 15.9. The molecular weight excluding hydrogens is 385 g/mol. The second-order valence-corrected chi connectivity index (χ2v) is 8.49. The molecule has 3 rings (SSSR count). The number of benzene rings is 2. The van der Waals surface area contributed by atoms with Crippen molar-refractivity contribution in [2.75, 3.05) is 13.1 Å². The van der Waals surface area contributed by atoms with Crippen LogP contribution in [0.2, 0.25) is 0 Å². The summed E-state index contributed by atoms with van der Waals surface area (Å²) in [6.07, 6.45) is 0.610. The molecule has 0 spiro atoms. The van der Waals surface area contributed by atoms with Crippen LogP contribution in [0.3, 0.4) is 0 Å². The summed E-state index contributed by atoms with van der Waals surface area (Å²) >= 11 is 0. The predicted molar refractivity (Wildman–Crippen MR) is 100 cm³/mol. The Morgan fingerprint density at radius 3 is 2.07 bits per heavy atom. The molecule has 1 atom stereocenters. The minimum absolute atomic E-state index is 0.112. The summed E-state index contributed by atoms with van der Waals surface area (Å²) in [6, 6.07) is 10.4. The highest BCUT2D eigenvalue weighted by molar-refractivity contribution is 7.89. The molecule has 0 unspecified atom stereocenters. The van der Waals surface area contributed by atoms with Gasteiger partial charge in [0.15, 0.2) is 6.10 Å².